The topological polar surface area (TPSA) is 69.2 Å². The number of thiophene rings is 1. The van der Waals surface area contributed by atoms with Gasteiger partial charge in [0.15, 0.2) is 11.5 Å². The van der Waals surface area contributed by atoms with E-state index in [1.807, 2.05) is 43.3 Å². The van der Waals surface area contributed by atoms with Crippen LogP contribution in [0.3, 0.4) is 0 Å². The number of benzene rings is 2. The molecule has 0 fully saturated rings. The zero-order valence-electron chi connectivity index (χ0n) is 22.7. The van der Waals surface area contributed by atoms with Crippen LogP contribution in [-0.2, 0) is 12.8 Å². The molecule has 196 valence electrons. The number of hydrogen-bond acceptors (Lipinski definition) is 6. The summed E-state index contributed by atoms with van der Waals surface area (Å²) in [7, 11) is 4.76. The first-order valence-corrected chi connectivity index (χ1v) is 13.3. The predicted octanol–water partition coefficient (Wildman–Crippen LogP) is 7.24. The molecule has 0 saturated carbocycles. The second kappa shape index (κ2) is 11.0. The Balaban J connectivity index is 1.77. The lowest BCUT2D eigenvalue weighted by molar-refractivity contribution is 0.102. The second-order valence-electron chi connectivity index (χ2n) is 10.4. The van der Waals surface area contributed by atoms with Gasteiger partial charge in [-0.15, -0.1) is 11.3 Å². The summed E-state index contributed by atoms with van der Waals surface area (Å²) in [4.78, 5) is 19.8. The number of nitrogens with zero attached hydrogens (tertiary/aromatic N) is 1. The first kappa shape index (κ1) is 26.7. The van der Waals surface area contributed by atoms with Crippen LogP contribution < -0.4 is 19.5 Å². The average Bonchev–Trinajstić information content (AvgIpc) is 3.25. The Bertz CT molecular complexity index is 1320. The number of methoxy groups -OCH3 is 3. The van der Waals surface area contributed by atoms with Crippen LogP contribution in [0.15, 0.2) is 41.4 Å². The lowest BCUT2D eigenvalue weighted by atomic mass is 9.72. The molecule has 1 aliphatic rings. The molecule has 0 radical (unpaired) electrons. The van der Waals surface area contributed by atoms with Crippen LogP contribution in [0.4, 0.5) is 10.7 Å². The SMILES string of the molecule is COc1ccc(C=Nc2sc3c(c2C(=O)Nc2ccccc2C)CC[C@@H](C(C)(C)C)C3)c(OC)c1OC. The zero-order valence-corrected chi connectivity index (χ0v) is 23.5. The van der Waals surface area contributed by atoms with E-state index in [1.54, 1.807) is 38.9 Å². The van der Waals surface area contributed by atoms with Crippen molar-refractivity contribution < 1.29 is 19.0 Å². The van der Waals surface area contributed by atoms with Crippen molar-refractivity contribution in [2.24, 2.45) is 16.3 Å². The molecule has 1 aliphatic carbocycles. The van der Waals surface area contributed by atoms with Crippen molar-refractivity contribution in [2.75, 3.05) is 26.6 Å². The van der Waals surface area contributed by atoms with Gasteiger partial charge in [0, 0.05) is 22.3 Å². The number of ether oxygens (including phenoxy) is 3. The van der Waals surface area contributed by atoms with Gasteiger partial charge >= 0.3 is 0 Å². The van der Waals surface area contributed by atoms with Crippen molar-refractivity contribution in [3.05, 3.63) is 63.5 Å². The Morgan fingerprint density at radius 3 is 2.43 bits per heavy atom. The summed E-state index contributed by atoms with van der Waals surface area (Å²) in [6.07, 6.45) is 4.64. The Morgan fingerprint density at radius 1 is 1.05 bits per heavy atom. The average molecular weight is 521 g/mol. The van der Waals surface area contributed by atoms with E-state index in [0.717, 1.165) is 41.6 Å². The van der Waals surface area contributed by atoms with E-state index in [1.165, 1.54) is 4.88 Å². The monoisotopic (exact) mass is 520 g/mol. The Morgan fingerprint density at radius 2 is 1.78 bits per heavy atom. The van der Waals surface area contributed by atoms with Crippen molar-refractivity contribution in [3.8, 4) is 17.2 Å². The van der Waals surface area contributed by atoms with E-state index < -0.39 is 0 Å². The second-order valence-corrected chi connectivity index (χ2v) is 11.5. The van der Waals surface area contributed by atoms with Gasteiger partial charge in [0.2, 0.25) is 5.75 Å². The fraction of sp³-hybridized carbons (Fsp3) is 0.400. The van der Waals surface area contributed by atoms with Crippen LogP contribution >= 0.6 is 11.3 Å². The summed E-state index contributed by atoms with van der Waals surface area (Å²) < 4.78 is 16.6. The summed E-state index contributed by atoms with van der Waals surface area (Å²) in [6, 6.07) is 11.5. The number of para-hydroxylation sites is 1. The highest BCUT2D eigenvalue weighted by Crippen LogP contribution is 2.46. The molecular weight excluding hydrogens is 484 g/mol. The molecule has 1 heterocycles. The number of aliphatic imine (C=N–C) groups is 1. The maximum absolute atomic E-state index is 13.7. The highest BCUT2D eigenvalue weighted by molar-refractivity contribution is 7.16. The molecule has 0 aliphatic heterocycles. The van der Waals surface area contributed by atoms with Gasteiger partial charge in [0.05, 0.1) is 26.9 Å². The van der Waals surface area contributed by atoms with Gasteiger partial charge in [0.25, 0.3) is 5.91 Å². The summed E-state index contributed by atoms with van der Waals surface area (Å²) in [6.45, 7) is 8.88. The number of carbonyl (C=O) groups is 1. The molecule has 1 N–H and O–H groups in total. The molecule has 2 aromatic carbocycles. The third kappa shape index (κ3) is 5.52. The van der Waals surface area contributed by atoms with E-state index in [4.69, 9.17) is 19.2 Å². The van der Waals surface area contributed by atoms with Gasteiger partial charge in [-0.05, 0) is 66.8 Å². The Labute approximate surface area is 223 Å². The maximum atomic E-state index is 13.7. The molecule has 1 amide bonds. The first-order valence-electron chi connectivity index (χ1n) is 12.5. The van der Waals surface area contributed by atoms with Crippen molar-refractivity contribution in [1.29, 1.82) is 0 Å². The quantitative estimate of drug-likeness (QED) is 0.334. The van der Waals surface area contributed by atoms with Crippen molar-refractivity contribution in [1.82, 2.24) is 0 Å². The molecule has 0 bridgehead atoms. The molecule has 1 atom stereocenters. The van der Waals surface area contributed by atoms with Gasteiger partial charge in [-0.3, -0.25) is 4.79 Å². The largest absolute Gasteiger partial charge is 0.493 e. The minimum atomic E-state index is -0.118. The number of amides is 1. The van der Waals surface area contributed by atoms with E-state index >= 15 is 0 Å². The number of rotatable bonds is 7. The Kier molecular flexibility index (Phi) is 7.93. The minimum Gasteiger partial charge on any atom is -0.493 e. The van der Waals surface area contributed by atoms with Crippen LogP contribution in [-0.4, -0.2) is 33.5 Å². The number of aryl methyl sites for hydroxylation is 1. The lowest BCUT2D eigenvalue weighted by Gasteiger charge is -2.33. The summed E-state index contributed by atoms with van der Waals surface area (Å²) in [5.74, 6) is 2.06. The van der Waals surface area contributed by atoms with Gasteiger partial charge in [-0.2, -0.15) is 0 Å². The van der Waals surface area contributed by atoms with E-state index in [-0.39, 0.29) is 11.3 Å². The fourth-order valence-corrected chi connectivity index (χ4v) is 6.16. The standard InChI is InChI=1S/C30H36N2O4S/c1-18-10-8-9-11-22(18)32-28(33)25-21-14-13-20(30(2,3)4)16-24(21)37-29(25)31-17-19-12-15-23(34-5)27(36-7)26(19)35-6/h8-12,15,17,20H,13-14,16H2,1-7H3,(H,32,33)/t20-/m1/s1. The Hall–Kier alpha value is -3.32. The zero-order chi connectivity index (χ0) is 26.7. The summed E-state index contributed by atoms with van der Waals surface area (Å²) in [5, 5.41) is 3.84. The van der Waals surface area contributed by atoms with Crippen molar-refractivity contribution in [3.63, 3.8) is 0 Å². The smallest absolute Gasteiger partial charge is 0.259 e. The maximum Gasteiger partial charge on any atom is 0.259 e. The number of hydrogen-bond donors (Lipinski definition) is 1. The molecule has 0 unspecified atom stereocenters. The van der Waals surface area contributed by atoms with Gasteiger partial charge in [-0.1, -0.05) is 39.0 Å². The van der Waals surface area contributed by atoms with Crippen LogP contribution in [0.2, 0.25) is 0 Å². The highest BCUT2D eigenvalue weighted by atomic mass is 32.1. The van der Waals surface area contributed by atoms with Crippen LogP contribution in [0.25, 0.3) is 0 Å². The molecule has 4 rings (SSSR count). The lowest BCUT2D eigenvalue weighted by Crippen LogP contribution is -2.27. The molecule has 37 heavy (non-hydrogen) atoms. The number of carbonyl (C=O) groups excluding carboxylic acids is 1. The van der Waals surface area contributed by atoms with Crippen LogP contribution in [0, 0.1) is 18.3 Å². The predicted molar refractivity (Wildman–Crippen MR) is 152 cm³/mol. The highest BCUT2D eigenvalue weighted by Gasteiger charge is 2.33. The molecule has 0 spiro atoms. The fourth-order valence-electron chi connectivity index (χ4n) is 4.89. The third-order valence-electron chi connectivity index (χ3n) is 7.15. The molecule has 0 saturated heterocycles. The van der Waals surface area contributed by atoms with E-state index in [2.05, 4.69) is 26.1 Å². The molecular formula is C30H36N2O4S. The summed E-state index contributed by atoms with van der Waals surface area (Å²) >= 11 is 1.62. The normalized spacial score (nSPS) is 15.4. The van der Waals surface area contributed by atoms with Crippen LogP contribution in [0.1, 0.15) is 59.1 Å². The number of nitrogens with one attached hydrogen (secondary N) is 1. The van der Waals surface area contributed by atoms with E-state index in [9.17, 15) is 4.79 Å². The molecule has 1 aromatic heterocycles. The van der Waals surface area contributed by atoms with Crippen molar-refractivity contribution >= 4 is 34.1 Å². The van der Waals surface area contributed by atoms with Gasteiger partial charge in [0.1, 0.15) is 5.00 Å². The van der Waals surface area contributed by atoms with E-state index in [0.29, 0.717) is 33.7 Å². The number of fused-ring (bicyclic) bond motifs is 1. The summed E-state index contributed by atoms with van der Waals surface area (Å²) in [5.41, 5.74) is 4.58. The third-order valence-corrected chi connectivity index (χ3v) is 8.31. The van der Waals surface area contributed by atoms with Crippen molar-refractivity contribution in [2.45, 2.75) is 47.0 Å². The molecule has 6 nitrogen and oxygen atoms in total. The molecule has 3 aromatic rings. The first-order chi connectivity index (χ1) is 17.7. The molecule has 7 heteroatoms. The van der Waals surface area contributed by atoms with Gasteiger partial charge < -0.3 is 19.5 Å². The number of anilines is 1. The van der Waals surface area contributed by atoms with Crippen LogP contribution in [0.5, 0.6) is 17.2 Å². The van der Waals surface area contributed by atoms with Gasteiger partial charge in [-0.25, -0.2) is 4.99 Å². The minimum absolute atomic E-state index is 0.118.